The minimum Gasteiger partial charge on any atom is -0.324 e. The minimum atomic E-state index is -0.593. The first-order valence-electron chi connectivity index (χ1n) is 5.91. The maximum atomic E-state index is 13.1. The number of rotatable bonds is 3. The Bertz CT molecular complexity index is 558. The normalized spacial score (nSPS) is 12.5. The Balaban J connectivity index is 2.22. The fourth-order valence-corrected chi connectivity index (χ4v) is 2.38. The van der Waals surface area contributed by atoms with Crippen LogP contribution in [0.1, 0.15) is 22.7 Å². The Morgan fingerprint density at radius 1 is 1.05 bits per heavy atom. The molecule has 0 saturated carbocycles. The van der Waals surface area contributed by atoms with E-state index in [2.05, 4.69) is 0 Å². The molecule has 1 atom stereocenters. The summed E-state index contributed by atoms with van der Waals surface area (Å²) in [5, 5.41) is 0.607. The maximum absolute atomic E-state index is 13.1. The van der Waals surface area contributed by atoms with Gasteiger partial charge in [-0.25, -0.2) is 8.78 Å². The maximum Gasteiger partial charge on any atom is 0.126 e. The predicted molar refractivity (Wildman–Crippen MR) is 73.2 cm³/mol. The molecule has 0 amide bonds. The van der Waals surface area contributed by atoms with Crippen molar-refractivity contribution in [3.8, 4) is 0 Å². The van der Waals surface area contributed by atoms with Crippen LogP contribution in [-0.2, 0) is 6.42 Å². The van der Waals surface area contributed by atoms with Gasteiger partial charge in [0.1, 0.15) is 11.6 Å². The molecule has 1 unspecified atom stereocenters. The summed E-state index contributed by atoms with van der Waals surface area (Å²) in [5.74, 6) is -1.19. The number of hydrogen-bond donors (Lipinski definition) is 1. The molecule has 1 nitrogen and oxygen atoms in total. The third-order valence-electron chi connectivity index (χ3n) is 2.87. The molecule has 0 aliphatic heterocycles. The van der Waals surface area contributed by atoms with Gasteiger partial charge in [0, 0.05) is 17.1 Å². The highest BCUT2D eigenvalue weighted by molar-refractivity contribution is 6.30. The molecular formula is C15H14ClF2N. The average molecular weight is 282 g/mol. The predicted octanol–water partition coefficient (Wildman–Crippen LogP) is 4.17. The minimum absolute atomic E-state index is 0.349. The molecular weight excluding hydrogens is 268 g/mol. The number of nitrogens with two attached hydrogens (primary N) is 1. The van der Waals surface area contributed by atoms with E-state index < -0.39 is 11.6 Å². The van der Waals surface area contributed by atoms with Gasteiger partial charge in [0.15, 0.2) is 0 Å². The Morgan fingerprint density at radius 3 is 2.26 bits per heavy atom. The van der Waals surface area contributed by atoms with Crippen LogP contribution in [0.3, 0.4) is 0 Å². The van der Waals surface area contributed by atoms with E-state index in [1.807, 2.05) is 19.1 Å². The number of hydrogen-bond acceptors (Lipinski definition) is 1. The zero-order chi connectivity index (χ0) is 14.0. The molecule has 0 bridgehead atoms. The van der Waals surface area contributed by atoms with Crippen LogP contribution in [0.25, 0.3) is 0 Å². The highest BCUT2D eigenvalue weighted by Crippen LogP contribution is 2.22. The highest BCUT2D eigenvalue weighted by Gasteiger charge is 2.10. The van der Waals surface area contributed by atoms with Gasteiger partial charge in [-0.2, -0.15) is 0 Å². The first kappa shape index (κ1) is 14.0. The lowest BCUT2D eigenvalue weighted by Gasteiger charge is -2.13. The van der Waals surface area contributed by atoms with Crippen LogP contribution in [0.15, 0.2) is 36.4 Å². The van der Waals surface area contributed by atoms with Crippen molar-refractivity contribution in [2.75, 3.05) is 0 Å². The quantitative estimate of drug-likeness (QED) is 0.898. The number of aryl methyl sites for hydroxylation is 1. The lowest BCUT2D eigenvalue weighted by Crippen LogP contribution is -2.13. The van der Waals surface area contributed by atoms with E-state index >= 15 is 0 Å². The molecule has 2 aromatic carbocycles. The van der Waals surface area contributed by atoms with Crippen molar-refractivity contribution >= 4 is 11.6 Å². The summed E-state index contributed by atoms with van der Waals surface area (Å²) in [5.41, 5.74) is 8.45. The second-order valence-corrected chi connectivity index (χ2v) is 5.09. The van der Waals surface area contributed by atoms with E-state index in [-0.39, 0.29) is 6.04 Å². The molecule has 0 spiro atoms. The van der Waals surface area contributed by atoms with E-state index in [0.717, 1.165) is 17.2 Å². The van der Waals surface area contributed by atoms with Gasteiger partial charge >= 0.3 is 0 Å². The molecule has 0 aliphatic rings. The lowest BCUT2D eigenvalue weighted by molar-refractivity contribution is 0.576. The van der Waals surface area contributed by atoms with Crippen molar-refractivity contribution in [2.24, 2.45) is 5.73 Å². The molecule has 0 fully saturated rings. The lowest BCUT2D eigenvalue weighted by atomic mass is 9.98. The van der Waals surface area contributed by atoms with Gasteiger partial charge in [-0.1, -0.05) is 17.7 Å². The van der Waals surface area contributed by atoms with E-state index in [4.69, 9.17) is 17.3 Å². The smallest absolute Gasteiger partial charge is 0.126 e. The Hall–Kier alpha value is -1.45. The van der Waals surface area contributed by atoms with Crippen LogP contribution in [-0.4, -0.2) is 0 Å². The molecule has 0 saturated heterocycles. The molecule has 0 heterocycles. The third kappa shape index (κ3) is 3.75. The highest BCUT2D eigenvalue weighted by atomic mass is 35.5. The van der Waals surface area contributed by atoms with Crippen LogP contribution in [0.2, 0.25) is 5.02 Å². The molecule has 100 valence electrons. The standard InChI is InChI=1S/C15H14ClF2N/c1-9-2-11(7-12(16)3-9)15(19)6-10-4-13(17)8-14(18)5-10/h2-5,7-8,15H,6,19H2,1H3. The topological polar surface area (TPSA) is 26.0 Å². The third-order valence-corrected chi connectivity index (χ3v) is 3.09. The molecule has 4 heteroatoms. The van der Waals surface area contributed by atoms with Gasteiger partial charge in [-0.3, -0.25) is 0 Å². The molecule has 2 rings (SSSR count). The van der Waals surface area contributed by atoms with Crippen molar-refractivity contribution in [1.82, 2.24) is 0 Å². The van der Waals surface area contributed by atoms with Gasteiger partial charge in [-0.05, 0) is 54.3 Å². The van der Waals surface area contributed by atoms with Crippen LogP contribution in [0, 0.1) is 18.6 Å². The SMILES string of the molecule is Cc1cc(Cl)cc(C(N)Cc2cc(F)cc(F)c2)c1. The van der Waals surface area contributed by atoms with Gasteiger partial charge in [-0.15, -0.1) is 0 Å². The van der Waals surface area contributed by atoms with E-state index in [9.17, 15) is 8.78 Å². The fourth-order valence-electron chi connectivity index (χ4n) is 2.08. The molecule has 19 heavy (non-hydrogen) atoms. The van der Waals surface area contributed by atoms with Gasteiger partial charge in [0.2, 0.25) is 0 Å². The van der Waals surface area contributed by atoms with Crippen LogP contribution >= 0.6 is 11.6 Å². The molecule has 0 aliphatic carbocycles. The fraction of sp³-hybridized carbons (Fsp3) is 0.200. The summed E-state index contributed by atoms with van der Waals surface area (Å²) in [6.07, 6.45) is 0.356. The molecule has 2 N–H and O–H groups in total. The molecule has 0 aromatic heterocycles. The van der Waals surface area contributed by atoms with Crippen molar-refractivity contribution < 1.29 is 8.78 Å². The summed E-state index contributed by atoms with van der Waals surface area (Å²) in [4.78, 5) is 0. The average Bonchev–Trinajstić information content (AvgIpc) is 2.25. The summed E-state index contributed by atoms with van der Waals surface area (Å²) < 4.78 is 26.2. The van der Waals surface area contributed by atoms with Crippen LogP contribution in [0.4, 0.5) is 8.78 Å². The largest absolute Gasteiger partial charge is 0.324 e. The second-order valence-electron chi connectivity index (χ2n) is 4.65. The van der Waals surface area contributed by atoms with Crippen LogP contribution < -0.4 is 5.73 Å². The Morgan fingerprint density at radius 2 is 1.68 bits per heavy atom. The Labute approximate surface area is 116 Å². The first-order chi connectivity index (χ1) is 8.94. The number of benzene rings is 2. The molecule has 2 aromatic rings. The summed E-state index contributed by atoms with van der Waals surface area (Å²) >= 11 is 5.97. The van der Waals surface area contributed by atoms with E-state index in [1.165, 1.54) is 12.1 Å². The summed E-state index contributed by atoms with van der Waals surface area (Å²) in [7, 11) is 0. The van der Waals surface area contributed by atoms with Crippen molar-refractivity contribution in [2.45, 2.75) is 19.4 Å². The summed E-state index contributed by atoms with van der Waals surface area (Å²) in [6.45, 7) is 1.92. The molecule has 0 radical (unpaired) electrons. The number of halogens is 3. The van der Waals surface area contributed by atoms with Gasteiger partial charge in [0.25, 0.3) is 0 Å². The van der Waals surface area contributed by atoms with E-state index in [0.29, 0.717) is 17.0 Å². The van der Waals surface area contributed by atoms with Crippen LogP contribution in [0.5, 0.6) is 0 Å². The van der Waals surface area contributed by atoms with Gasteiger partial charge in [0.05, 0.1) is 0 Å². The van der Waals surface area contributed by atoms with Crippen molar-refractivity contribution in [3.63, 3.8) is 0 Å². The van der Waals surface area contributed by atoms with Crippen molar-refractivity contribution in [3.05, 3.63) is 69.7 Å². The van der Waals surface area contributed by atoms with E-state index in [1.54, 1.807) is 6.07 Å². The summed E-state index contributed by atoms with van der Waals surface area (Å²) in [6, 6.07) is 8.61. The Kier molecular flexibility index (Phi) is 4.17. The van der Waals surface area contributed by atoms with Crippen molar-refractivity contribution in [1.29, 1.82) is 0 Å². The zero-order valence-corrected chi connectivity index (χ0v) is 11.2. The van der Waals surface area contributed by atoms with Gasteiger partial charge < -0.3 is 5.73 Å². The monoisotopic (exact) mass is 281 g/mol. The second kappa shape index (κ2) is 5.68. The first-order valence-corrected chi connectivity index (χ1v) is 6.29. The zero-order valence-electron chi connectivity index (χ0n) is 10.5.